The number of rotatable bonds is 4. The number of hydrogen-bond donors (Lipinski definition) is 0. The van der Waals surface area contributed by atoms with Gasteiger partial charge in [0.2, 0.25) is 0 Å². The van der Waals surface area contributed by atoms with Crippen LogP contribution >= 0.6 is 11.6 Å². The third kappa shape index (κ3) is 4.19. The van der Waals surface area contributed by atoms with E-state index in [0.29, 0.717) is 11.5 Å². The maximum atomic E-state index is 6.41. The van der Waals surface area contributed by atoms with Crippen LogP contribution in [0, 0.1) is 0 Å². The van der Waals surface area contributed by atoms with Gasteiger partial charge in [0.05, 0.1) is 19.4 Å². The van der Waals surface area contributed by atoms with Crippen molar-refractivity contribution in [3.63, 3.8) is 0 Å². The van der Waals surface area contributed by atoms with Gasteiger partial charge in [0.1, 0.15) is 0 Å². The number of ether oxygens (including phenoxy) is 1. The molecule has 0 radical (unpaired) electrons. The quantitative estimate of drug-likeness (QED) is 0.795. The van der Waals surface area contributed by atoms with Crippen molar-refractivity contribution >= 4 is 11.6 Å². The van der Waals surface area contributed by atoms with Crippen molar-refractivity contribution in [2.24, 2.45) is 0 Å². The highest BCUT2D eigenvalue weighted by Crippen LogP contribution is 2.22. The Hall–Kier alpha value is -0.610. The molecular formula is C17H25ClN2O. The van der Waals surface area contributed by atoms with E-state index >= 15 is 0 Å². The molecule has 1 aromatic carbocycles. The summed E-state index contributed by atoms with van der Waals surface area (Å²) in [6, 6.07) is 10.8. The van der Waals surface area contributed by atoms with Crippen LogP contribution in [-0.2, 0) is 11.2 Å². The van der Waals surface area contributed by atoms with E-state index in [1.54, 1.807) is 0 Å². The summed E-state index contributed by atoms with van der Waals surface area (Å²) in [6.07, 6.45) is 3.89. The first-order valence-electron chi connectivity index (χ1n) is 8.07. The van der Waals surface area contributed by atoms with E-state index in [2.05, 4.69) is 40.1 Å². The predicted octanol–water partition coefficient (Wildman–Crippen LogP) is 2.59. The molecule has 0 spiro atoms. The normalized spacial score (nSPS) is 26.6. The topological polar surface area (TPSA) is 15.7 Å². The first-order chi connectivity index (χ1) is 10.3. The highest BCUT2D eigenvalue weighted by Gasteiger charge is 2.30. The average Bonchev–Trinajstić information content (AvgIpc) is 2.54. The molecule has 2 aliphatic rings. The monoisotopic (exact) mass is 308 g/mol. The van der Waals surface area contributed by atoms with E-state index in [9.17, 15) is 0 Å². The number of piperidine rings is 1. The first kappa shape index (κ1) is 15.3. The number of hydrogen-bond acceptors (Lipinski definition) is 3. The van der Waals surface area contributed by atoms with Crippen LogP contribution in [0.5, 0.6) is 0 Å². The van der Waals surface area contributed by atoms with E-state index in [0.717, 1.165) is 52.2 Å². The fourth-order valence-corrected chi connectivity index (χ4v) is 3.74. The van der Waals surface area contributed by atoms with Crippen LogP contribution in [0.3, 0.4) is 0 Å². The lowest BCUT2D eigenvalue weighted by Gasteiger charge is -2.44. The van der Waals surface area contributed by atoms with Crippen molar-refractivity contribution in [2.75, 3.05) is 39.4 Å². The molecular weight excluding hydrogens is 284 g/mol. The molecule has 2 heterocycles. The van der Waals surface area contributed by atoms with Crippen LogP contribution in [0.4, 0.5) is 0 Å². The number of alkyl halides is 1. The van der Waals surface area contributed by atoms with Crippen LogP contribution in [0.2, 0.25) is 0 Å². The van der Waals surface area contributed by atoms with Crippen molar-refractivity contribution in [1.29, 1.82) is 0 Å². The van der Waals surface area contributed by atoms with Gasteiger partial charge in [-0.1, -0.05) is 30.3 Å². The summed E-state index contributed by atoms with van der Waals surface area (Å²) < 4.78 is 5.52. The van der Waals surface area contributed by atoms with Crippen LogP contribution < -0.4 is 0 Å². The number of halogens is 1. The summed E-state index contributed by atoms with van der Waals surface area (Å²) in [5.74, 6) is 0. The van der Waals surface area contributed by atoms with Crippen LogP contribution in [0.25, 0.3) is 0 Å². The Kier molecular flexibility index (Phi) is 5.53. The molecule has 4 heteroatoms. The maximum absolute atomic E-state index is 6.41. The third-order valence-electron chi connectivity index (χ3n) is 4.55. The van der Waals surface area contributed by atoms with Gasteiger partial charge in [-0.3, -0.25) is 9.80 Å². The largest absolute Gasteiger partial charge is 0.379 e. The van der Waals surface area contributed by atoms with Crippen LogP contribution in [0.1, 0.15) is 18.4 Å². The minimum absolute atomic E-state index is 0.304. The van der Waals surface area contributed by atoms with Crippen molar-refractivity contribution in [3.8, 4) is 0 Å². The summed E-state index contributed by atoms with van der Waals surface area (Å²) >= 11 is 6.41. The zero-order valence-electron chi connectivity index (χ0n) is 12.6. The molecule has 1 aromatic rings. The van der Waals surface area contributed by atoms with Crippen LogP contribution in [0.15, 0.2) is 30.3 Å². The zero-order chi connectivity index (χ0) is 14.5. The Morgan fingerprint density at radius 1 is 1.10 bits per heavy atom. The molecule has 116 valence electrons. The van der Waals surface area contributed by atoms with Gasteiger partial charge in [-0.25, -0.2) is 0 Å². The van der Waals surface area contributed by atoms with Gasteiger partial charge in [0.15, 0.2) is 0 Å². The smallest absolute Gasteiger partial charge is 0.0665 e. The van der Waals surface area contributed by atoms with Crippen molar-refractivity contribution < 1.29 is 4.74 Å². The summed E-state index contributed by atoms with van der Waals surface area (Å²) in [6.45, 7) is 5.93. The third-order valence-corrected chi connectivity index (χ3v) is 4.90. The lowest BCUT2D eigenvalue weighted by atomic mass is 10.0. The second-order valence-corrected chi connectivity index (χ2v) is 6.67. The van der Waals surface area contributed by atoms with Crippen molar-refractivity contribution in [1.82, 2.24) is 9.80 Å². The van der Waals surface area contributed by atoms with E-state index < -0.39 is 0 Å². The Bertz CT molecular complexity index is 422. The first-order valence-corrected chi connectivity index (χ1v) is 8.50. The number of likely N-dealkylation sites (tertiary alicyclic amines) is 1. The molecule has 0 bridgehead atoms. The molecule has 0 N–H and O–H groups in total. The molecule has 2 fully saturated rings. The molecule has 3 rings (SSSR count). The standard InChI is InChI=1S/C17H25ClN2O/c18-16-7-4-8-20(14-16)17(19-9-11-21-12-10-19)13-15-5-2-1-3-6-15/h1-3,5-6,16-17H,4,7-14H2/t16-,17?/m1/s1. The number of benzene rings is 1. The average molecular weight is 309 g/mol. The summed E-state index contributed by atoms with van der Waals surface area (Å²) in [4.78, 5) is 5.16. The molecule has 3 nitrogen and oxygen atoms in total. The fraction of sp³-hybridized carbons (Fsp3) is 0.647. The minimum atomic E-state index is 0.304. The van der Waals surface area contributed by atoms with E-state index in [4.69, 9.17) is 16.3 Å². The minimum Gasteiger partial charge on any atom is -0.379 e. The fourth-order valence-electron chi connectivity index (χ4n) is 3.41. The second kappa shape index (κ2) is 7.59. The second-order valence-electron chi connectivity index (χ2n) is 6.05. The maximum Gasteiger partial charge on any atom is 0.0665 e. The van der Waals surface area contributed by atoms with Crippen LogP contribution in [-0.4, -0.2) is 60.7 Å². The highest BCUT2D eigenvalue weighted by molar-refractivity contribution is 6.20. The van der Waals surface area contributed by atoms with Crippen molar-refractivity contribution in [3.05, 3.63) is 35.9 Å². The molecule has 2 atom stereocenters. The lowest BCUT2D eigenvalue weighted by Crippen LogP contribution is -2.56. The summed E-state index contributed by atoms with van der Waals surface area (Å²) in [7, 11) is 0. The number of nitrogens with zero attached hydrogens (tertiary/aromatic N) is 2. The molecule has 0 aliphatic carbocycles. The SMILES string of the molecule is Cl[C@@H]1CCCN(C(Cc2ccccc2)N2CCOCC2)C1. The van der Waals surface area contributed by atoms with E-state index in [-0.39, 0.29) is 0 Å². The van der Waals surface area contributed by atoms with Gasteiger partial charge < -0.3 is 4.74 Å². The molecule has 2 saturated heterocycles. The van der Waals surface area contributed by atoms with Gasteiger partial charge in [0, 0.05) is 31.4 Å². The Morgan fingerprint density at radius 2 is 1.86 bits per heavy atom. The highest BCUT2D eigenvalue weighted by atomic mass is 35.5. The van der Waals surface area contributed by atoms with Gasteiger partial charge in [-0.05, 0) is 24.9 Å². The van der Waals surface area contributed by atoms with Gasteiger partial charge in [0.25, 0.3) is 0 Å². The molecule has 1 unspecified atom stereocenters. The van der Waals surface area contributed by atoms with E-state index in [1.807, 2.05) is 0 Å². The molecule has 0 saturated carbocycles. The predicted molar refractivity (Wildman–Crippen MR) is 86.8 cm³/mol. The number of morpholine rings is 1. The summed E-state index contributed by atoms with van der Waals surface area (Å²) in [5, 5.41) is 0.304. The van der Waals surface area contributed by atoms with E-state index in [1.165, 1.54) is 12.0 Å². The lowest BCUT2D eigenvalue weighted by molar-refractivity contribution is -0.0380. The zero-order valence-corrected chi connectivity index (χ0v) is 13.3. The Labute approximate surface area is 132 Å². The van der Waals surface area contributed by atoms with Gasteiger partial charge in [-0.15, -0.1) is 11.6 Å². The molecule has 0 amide bonds. The van der Waals surface area contributed by atoms with Gasteiger partial charge >= 0.3 is 0 Å². The van der Waals surface area contributed by atoms with Gasteiger partial charge in [-0.2, -0.15) is 0 Å². The molecule has 2 aliphatic heterocycles. The van der Waals surface area contributed by atoms with Crippen molar-refractivity contribution in [2.45, 2.75) is 30.8 Å². The Morgan fingerprint density at radius 3 is 2.57 bits per heavy atom. The molecule has 21 heavy (non-hydrogen) atoms. The molecule has 0 aromatic heterocycles. The Balaban J connectivity index is 1.73. The summed E-state index contributed by atoms with van der Waals surface area (Å²) in [5.41, 5.74) is 1.41.